The topological polar surface area (TPSA) is 51.8 Å². The van der Waals surface area contributed by atoms with Gasteiger partial charge in [-0.25, -0.2) is 0 Å². The lowest BCUT2D eigenvalue weighted by molar-refractivity contribution is 1.16. The van der Waals surface area contributed by atoms with E-state index in [2.05, 4.69) is 9.59 Å². The van der Waals surface area contributed by atoms with Crippen molar-refractivity contribution in [1.29, 1.82) is 0 Å². The molecule has 0 saturated heterocycles. The number of nitrogens with two attached hydrogens (primary N) is 1. The fourth-order valence-electron chi connectivity index (χ4n) is 1.04. The Labute approximate surface area is 96.5 Å². The number of benzene rings is 1. The third-order valence-corrected chi connectivity index (χ3v) is 2.51. The maximum Gasteiger partial charge on any atom is 0.142 e. The standard InChI is InChI=1S/C8H6ClN3S.ClH/c9-8-7(11-12-13-8)5-2-1-3-6(10)4-5;/h1-4H,10H2;1H. The van der Waals surface area contributed by atoms with Gasteiger partial charge in [0.15, 0.2) is 0 Å². The second kappa shape index (κ2) is 4.59. The van der Waals surface area contributed by atoms with E-state index in [1.807, 2.05) is 24.3 Å². The minimum absolute atomic E-state index is 0. The first kappa shape index (κ1) is 11.2. The number of rotatable bonds is 1. The van der Waals surface area contributed by atoms with Gasteiger partial charge in [0.25, 0.3) is 0 Å². The molecule has 0 fully saturated rings. The van der Waals surface area contributed by atoms with Crippen LogP contribution in [0.5, 0.6) is 0 Å². The van der Waals surface area contributed by atoms with E-state index in [4.69, 9.17) is 17.3 Å². The first-order valence-electron chi connectivity index (χ1n) is 3.61. The minimum atomic E-state index is 0. The van der Waals surface area contributed by atoms with Crippen LogP contribution in [0.15, 0.2) is 24.3 Å². The highest BCUT2D eigenvalue weighted by molar-refractivity contribution is 7.10. The fourth-order valence-corrected chi connectivity index (χ4v) is 1.72. The van der Waals surface area contributed by atoms with Gasteiger partial charge in [-0.1, -0.05) is 28.2 Å². The lowest BCUT2D eigenvalue weighted by Gasteiger charge is -1.97. The van der Waals surface area contributed by atoms with Gasteiger partial charge in [-0.05, 0) is 12.1 Å². The zero-order valence-electron chi connectivity index (χ0n) is 6.98. The Hall–Kier alpha value is -0.840. The van der Waals surface area contributed by atoms with E-state index in [1.165, 1.54) is 11.5 Å². The first-order valence-corrected chi connectivity index (χ1v) is 4.76. The molecule has 0 atom stereocenters. The van der Waals surface area contributed by atoms with Crippen molar-refractivity contribution in [2.24, 2.45) is 0 Å². The smallest absolute Gasteiger partial charge is 0.142 e. The Balaban J connectivity index is 0.000000980. The molecule has 0 amide bonds. The monoisotopic (exact) mass is 247 g/mol. The van der Waals surface area contributed by atoms with Crippen LogP contribution in [-0.4, -0.2) is 9.59 Å². The van der Waals surface area contributed by atoms with Gasteiger partial charge in [-0.2, -0.15) is 0 Å². The highest BCUT2D eigenvalue weighted by Gasteiger charge is 2.07. The second-order valence-electron chi connectivity index (χ2n) is 2.52. The molecule has 0 unspecified atom stereocenters. The lowest BCUT2D eigenvalue weighted by Crippen LogP contribution is -1.85. The van der Waals surface area contributed by atoms with Crippen molar-refractivity contribution in [3.05, 3.63) is 28.6 Å². The Morgan fingerprint density at radius 2 is 2.14 bits per heavy atom. The highest BCUT2D eigenvalue weighted by atomic mass is 35.5. The highest BCUT2D eigenvalue weighted by Crippen LogP contribution is 2.28. The molecule has 0 aliphatic carbocycles. The molecule has 2 rings (SSSR count). The van der Waals surface area contributed by atoms with Crippen LogP contribution in [0.3, 0.4) is 0 Å². The van der Waals surface area contributed by atoms with Gasteiger partial charge in [-0.3, -0.25) is 0 Å². The summed E-state index contributed by atoms with van der Waals surface area (Å²) in [7, 11) is 0. The quantitative estimate of drug-likeness (QED) is 0.789. The third-order valence-electron chi connectivity index (χ3n) is 1.61. The van der Waals surface area contributed by atoms with Gasteiger partial charge >= 0.3 is 0 Å². The molecule has 2 N–H and O–H groups in total. The van der Waals surface area contributed by atoms with E-state index in [-0.39, 0.29) is 12.4 Å². The van der Waals surface area contributed by atoms with Crippen LogP contribution >= 0.6 is 35.5 Å². The number of halogens is 2. The molecular weight excluding hydrogens is 241 g/mol. The summed E-state index contributed by atoms with van der Waals surface area (Å²) in [5.41, 5.74) is 7.92. The largest absolute Gasteiger partial charge is 0.399 e. The molecular formula is C8H7Cl2N3S. The van der Waals surface area contributed by atoms with Crippen LogP contribution in [0, 0.1) is 0 Å². The van der Waals surface area contributed by atoms with Crippen molar-refractivity contribution >= 4 is 41.2 Å². The molecule has 1 aromatic heterocycles. The molecule has 0 radical (unpaired) electrons. The summed E-state index contributed by atoms with van der Waals surface area (Å²) in [6.07, 6.45) is 0. The first-order chi connectivity index (χ1) is 6.27. The van der Waals surface area contributed by atoms with Crippen LogP contribution in [-0.2, 0) is 0 Å². The van der Waals surface area contributed by atoms with Crippen LogP contribution in [0.4, 0.5) is 5.69 Å². The molecule has 1 aromatic carbocycles. The van der Waals surface area contributed by atoms with E-state index in [1.54, 1.807) is 0 Å². The van der Waals surface area contributed by atoms with E-state index < -0.39 is 0 Å². The van der Waals surface area contributed by atoms with Crippen molar-refractivity contribution in [2.75, 3.05) is 5.73 Å². The van der Waals surface area contributed by atoms with Crippen LogP contribution in [0.1, 0.15) is 0 Å². The summed E-state index contributed by atoms with van der Waals surface area (Å²) in [6.45, 7) is 0. The number of anilines is 1. The maximum atomic E-state index is 5.88. The van der Waals surface area contributed by atoms with Crippen LogP contribution in [0.25, 0.3) is 11.3 Å². The third kappa shape index (κ3) is 2.15. The molecule has 3 nitrogen and oxygen atoms in total. The molecule has 2 aromatic rings. The molecule has 0 saturated carbocycles. The Morgan fingerprint density at radius 3 is 2.71 bits per heavy atom. The minimum Gasteiger partial charge on any atom is -0.399 e. The molecule has 1 heterocycles. The maximum absolute atomic E-state index is 5.88. The summed E-state index contributed by atoms with van der Waals surface area (Å²) in [4.78, 5) is 0. The molecule has 0 aliphatic heterocycles. The van der Waals surface area contributed by atoms with Crippen molar-refractivity contribution in [3.63, 3.8) is 0 Å². The van der Waals surface area contributed by atoms with Crippen molar-refractivity contribution in [3.8, 4) is 11.3 Å². The summed E-state index contributed by atoms with van der Waals surface area (Å²) < 4.78 is 4.34. The van der Waals surface area contributed by atoms with E-state index in [0.29, 0.717) is 15.7 Å². The Morgan fingerprint density at radius 1 is 1.36 bits per heavy atom. The van der Waals surface area contributed by atoms with Crippen LogP contribution < -0.4 is 5.73 Å². The Bertz CT molecular complexity index is 430. The predicted molar refractivity (Wildman–Crippen MR) is 62.0 cm³/mol. The van der Waals surface area contributed by atoms with Crippen molar-refractivity contribution in [1.82, 2.24) is 9.59 Å². The van der Waals surface area contributed by atoms with Crippen molar-refractivity contribution < 1.29 is 0 Å². The van der Waals surface area contributed by atoms with Gasteiger partial charge in [-0.15, -0.1) is 17.5 Å². The van der Waals surface area contributed by atoms with Gasteiger partial charge in [0.2, 0.25) is 0 Å². The zero-order chi connectivity index (χ0) is 9.26. The average Bonchev–Trinajstić information content (AvgIpc) is 2.51. The summed E-state index contributed by atoms with van der Waals surface area (Å²) >= 11 is 7.05. The molecule has 0 bridgehead atoms. The summed E-state index contributed by atoms with van der Waals surface area (Å²) in [6, 6.07) is 7.40. The van der Waals surface area contributed by atoms with Gasteiger partial charge in [0.1, 0.15) is 10.0 Å². The normalized spacial score (nSPS) is 9.50. The number of hydrogen-bond acceptors (Lipinski definition) is 4. The lowest BCUT2D eigenvalue weighted by atomic mass is 10.1. The number of hydrogen-bond donors (Lipinski definition) is 1. The SMILES string of the molecule is Cl.Nc1cccc(-c2nnsc2Cl)c1. The average molecular weight is 248 g/mol. The zero-order valence-corrected chi connectivity index (χ0v) is 9.36. The number of nitrogens with zero attached hydrogens (tertiary/aromatic N) is 2. The number of aromatic nitrogens is 2. The van der Waals surface area contributed by atoms with Crippen molar-refractivity contribution in [2.45, 2.75) is 0 Å². The van der Waals surface area contributed by atoms with E-state index in [9.17, 15) is 0 Å². The van der Waals surface area contributed by atoms with Gasteiger partial charge in [0.05, 0.1) is 0 Å². The van der Waals surface area contributed by atoms with Gasteiger partial charge in [0, 0.05) is 22.8 Å². The second-order valence-corrected chi connectivity index (χ2v) is 3.88. The summed E-state index contributed by atoms with van der Waals surface area (Å²) in [5.74, 6) is 0. The number of nitrogen functional groups attached to an aromatic ring is 1. The molecule has 14 heavy (non-hydrogen) atoms. The molecule has 0 aliphatic rings. The molecule has 6 heteroatoms. The fraction of sp³-hybridized carbons (Fsp3) is 0. The predicted octanol–water partition coefficient (Wildman–Crippen LogP) is 2.86. The Kier molecular flexibility index (Phi) is 3.69. The summed E-state index contributed by atoms with van der Waals surface area (Å²) in [5, 5.41) is 3.91. The molecule has 74 valence electrons. The van der Waals surface area contributed by atoms with Gasteiger partial charge < -0.3 is 5.73 Å². The molecule has 0 spiro atoms. The van der Waals surface area contributed by atoms with E-state index >= 15 is 0 Å². The van der Waals surface area contributed by atoms with E-state index in [0.717, 1.165) is 5.56 Å². The van der Waals surface area contributed by atoms with Crippen LogP contribution in [0.2, 0.25) is 4.34 Å².